The van der Waals surface area contributed by atoms with Crippen LogP contribution in [-0.4, -0.2) is 25.5 Å². The number of aromatic nitrogens is 4. The largest absolute Gasteiger partial charge is 0.435 e. The van der Waals surface area contributed by atoms with Crippen LogP contribution in [0.3, 0.4) is 0 Å². The van der Waals surface area contributed by atoms with Crippen molar-refractivity contribution in [2.75, 3.05) is 5.32 Å². The summed E-state index contributed by atoms with van der Waals surface area (Å²) in [6, 6.07) is 8.55. The van der Waals surface area contributed by atoms with Crippen LogP contribution in [-0.2, 0) is 19.8 Å². The first-order valence-electron chi connectivity index (χ1n) is 7.73. The minimum absolute atomic E-state index is 0.191. The fraction of sp³-hybridized carbons (Fsp3) is 0.235. The highest BCUT2D eigenvalue weighted by molar-refractivity contribution is 6.03. The summed E-state index contributed by atoms with van der Waals surface area (Å²) >= 11 is 0. The van der Waals surface area contributed by atoms with Gasteiger partial charge in [0.05, 0.1) is 18.4 Å². The Kier molecular flexibility index (Phi) is 4.54. The SMILES string of the molecule is Cc1ccccc1Cn1cc(NC(=O)c2cc(C(F)(F)F)nn2C)cn1. The maximum absolute atomic E-state index is 12.7. The Bertz CT molecular complexity index is 942. The van der Waals surface area contributed by atoms with Crippen molar-refractivity contribution in [3.05, 3.63) is 65.2 Å². The van der Waals surface area contributed by atoms with E-state index in [1.165, 1.54) is 13.2 Å². The van der Waals surface area contributed by atoms with Crippen molar-refractivity contribution < 1.29 is 18.0 Å². The molecular weight excluding hydrogens is 347 g/mol. The van der Waals surface area contributed by atoms with Crippen LogP contribution < -0.4 is 5.32 Å². The average molecular weight is 363 g/mol. The first-order chi connectivity index (χ1) is 12.2. The Morgan fingerprint density at radius 2 is 2.00 bits per heavy atom. The third kappa shape index (κ3) is 3.76. The summed E-state index contributed by atoms with van der Waals surface area (Å²) < 4.78 is 40.6. The van der Waals surface area contributed by atoms with Crippen molar-refractivity contribution in [1.82, 2.24) is 19.6 Å². The highest BCUT2D eigenvalue weighted by Crippen LogP contribution is 2.28. The van der Waals surface area contributed by atoms with Gasteiger partial charge in [0, 0.05) is 19.3 Å². The predicted octanol–water partition coefficient (Wildman–Crippen LogP) is 3.24. The smallest absolute Gasteiger partial charge is 0.318 e. The Balaban J connectivity index is 1.72. The molecule has 0 unspecified atom stereocenters. The molecule has 26 heavy (non-hydrogen) atoms. The molecule has 0 aliphatic heterocycles. The number of nitrogens with one attached hydrogen (secondary N) is 1. The minimum Gasteiger partial charge on any atom is -0.318 e. The van der Waals surface area contributed by atoms with Crippen LogP contribution in [0, 0.1) is 6.92 Å². The zero-order valence-corrected chi connectivity index (χ0v) is 14.1. The Morgan fingerprint density at radius 3 is 2.65 bits per heavy atom. The molecule has 0 spiro atoms. The van der Waals surface area contributed by atoms with E-state index in [9.17, 15) is 18.0 Å². The lowest BCUT2D eigenvalue weighted by atomic mass is 10.1. The Hall–Kier alpha value is -3.10. The van der Waals surface area contributed by atoms with Gasteiger partial charge in [-0.15, -0.1) is 0 Å². The van der Waals surface area contributed by atoms with E-state index in [2.05, 4.69) is 15.5 Å². The van der Waals surface area contributed by atoms with E-state index in [1.807, 2.05) is 31.2 Å². The Labute approximate surface area is 147 Å². The molecule has 3 rings (SSSR count). The first-order valence-corrected chi connectivity index (χ1v) is 7.73. The maximum atomic E-state index is 12.7. The molecule has 0 saturated heterocycles. The van der Waals surface area contributed by atoms with E-state index in [0.717, 1.165) is 15.8 Å². The lowest BCUT2D eigenvalue weighted by molar-refractivity contribution is -0.141. The van der Waals surface area contributed by atoms with Gasteiger partial charge >= 0.3 is 6.18 Å². The summed E-state index contributed by atoms with van der Waals surface area (Å²) in [7, 11) is 1.28. The molecule has 2 heterocycles. The molecule has 0 fully saturated rings. The molecule has 0 bridgehead atoms. The molecule has 3 aromatic rings. The summed E-state index contributed by atoms with van der Waals surface area (Å²) in [5.74, 6) is -0.689. The number of carbonyl (C=O) groups excluding carboxylic acids is 1. The molecule has 9 heteroatoms. The van der Waals surface area contributed by atoms with E-state index < -0.39 is 17.8 Å². The number of alkyl halides is 3. The van der Waals surface area contributed by atoms with E-state index >= 15 is 0 Å². The second-order valence-electron chi connectivity index (χ2n) is 5.84. The highest BCUT2D eigenvalue weighted by atomic mass is 19.4. The molecule has 6 nitrogen and oxygen atoms in total. The van der Waals surface area contributed by atoms with Crippen LogP contribution in [0.15, 0.2) is 42.7 Å². The average Bonchev–Trinajstić information content (AvgIpc) is 3.16. The van der Waals surface area contributed by atoms with Gasteiger partial charge in [-0.3, -0.25) is 14.2 Å². The topological polar surface area (TPSA) is 64.7 Å². The fourth-order valence-corrected chi connectivity index (χ4v) is 2.49. The van der Waals surface area contributed by atoms with E-state index in [4.69, 9.17) is 0 Å². The summed E-state index contributed by atoms with van der Waals surface area (Å²) in [4.78, 5) is 12.2. The molecule has 1 N–H and O–H groups in total. The summed E-state index contributed by atoms with van der Waals surface area (Å²) in [6.45, 7) is 2.51. The highest BCUT2D eigenvalue weighted by Gasteiger charge is 2.35. The van der Waals surface area contributed by atoms with Gasteiger partial charge in [-0.25, -0.2) is 0 Å². The van der Waals surface area contributed by atoms with E-state index in [1.54, 1.807) is 10.9 Å². The number of carbonyl (C=O) groups is 1. The molecule has 1 aromatic carbocycles. The van der Waals surface area contributed by atoms with Crippen molar-refractivity contribution in [3.63, 3.8) is 0 Å². The monoisotopic (exact) mass is 363 g/mol. The quantitative estimate of drug-likeness (QED) is 0.774. The lowest BCUT2D eigenvalue weighted by Crippen LogP contribution is -2.15. The van der Waals surface area contributed by atoms with Gasteiger partial charge in [0.1, 0.15) is 5.69 Å². The van der Waals surface area contributed by atoms with Crippen LogP contribution in [0.2, 0.25) is 0 Å². The van der Waals surface area contributed by atoms with Crippen molar-refractivity contribution >= 4 is 11.6 Å². The zero-order chi connectivity index (χ0) is 18.9. The molecule has 1 amide bonds. The summed E-state index contributed by atoms with van der Waals surface area (Å²) in [5.41, 5.74) is 1.28. The van der Waals surface area contributed by atoms with Crippen LogP contribution in [0.1, 0.15) is 27.3 Å². The number of anilines is 1. The van der Waals surface area contributed by atoms with Crippen LogP contribution >= 0.6 is 0 Å². The molecule has 0 radical (unpaired) electrons. The second kappa shape index (κ2) is 6.66. The number of aryl methyl sites for hydroxylation is 2. The number of amides is 1. The maximum Gasteiger partial charge on any atom is 0.435 e. The minimum atomic E-state index is -4.60. The van der Waals surface area contributed by atoms with E-state index in [-0.39, 0.29) is 5.69 Å². The van der Waals surface area contributed by atoms with Crippen molar-refractivity contribution in [2.24, 2.45) is 7.05 Å². The third-order valence-electron chi connectivity index (χ3n) is 3.89. The Morgan fingerprint density at radius 1 is 1.27 bits per heavy atom. The molecule has 0 atom stereocenters. The first kappa shape index (κ1) is 17.7. The third-order valence-corrected chi connectivity index (χ3v) is 3.89. The van der Waals surface area contributed by atoms with Gasteiger partial charge in [0.15, 0.2) is 5.69 Å². The van der Waals surface area contributed by atoms with Crippen LogP contribution in [0.4, 0.5) is 18.9 Å². The summed E-state index contributed by atoms with van der Waals surface area (Å²) in [5, 5.41) is 10.0. The standard InChI is InChI=1S/C17H16F3N5O/c1-11-5-3-4-6-12(11)9-25-10-13(8-21-25)22-16(26)14-7-15(17(18,19)20)23-24(14)2/h3-8,10H,9H2,1-2H3,(H,22,26). The molecular formula is C17H16F3N5O. The fourth-order valence-electron chi connectivity index (χ4n) is 2.49. The molecule has 0 saturated carbocycles. The van der Waals surface area contributed by atoms with Gasteiger partial charge in [0.25, 0.3) is 5.91 Å². The van der Waals surface area contributed by atoms with E-state index in [0.29, 0.717) is 18.3 Å². The predicted molar refractivity (Wildman–Crippen MR) is 88.7 cm³/mol. The molecule has 0 aliphatic rings. The van der Waals surface area contributed by atoms with Gasteiger partial charge in [-0.2, -0.15) is 23.4 Å². The molecule has 0 aliphatic carbocycles. The van der Waals surface area contributed by atoms with Crippen molar-refractivity contribution in [1.29, 1.82) is 0 Å². The molecule has 2 aromatic heterocycles. The van der Waals surface area contributed by atoms with Gasteiger partial charge in [0.2, 0.25) is 0 Å². The number of benzene rings is 1. The van der Waals surface area contributed by atoms with Gasteiger partial charge in [-0.05, 0) is 18.1 Å². The van der Waals surface area contributed by atoms with Crippen LogP contribution in [0.5, 0.6) is 0 Å². The van der Waals surface area contributed by atoms with Crippen molar-refractivity contribution in [3.8, 4) is 0 Å². The lowest BCUT2D eigenvalue weighted by Gasteiger charge is -2.05. The number of hydrogen-bond donors (Lipinski definition) is 1. The number of halogens is 3. The molecule has 136 valence electrons. The number of nitrogens with zero attached hydrogens (tertiary/aromatic N) is 4. The zero-order valence-electron chi connectivity index (χ0n) is 14.1. The number of rotatable bonds is 4. The second-order valence-corrected chi connectivity index (χ2v) is 5.84. The normalized spacial score (nSPS) is 11.6. The van der Waals surface area contributed by atoms with Gasteiger partial charge < -0.3 is 5.32 Å². The van der Waals surface area contributed by atoms with Crippen LogP contribution in [0.25, 0.3) is 0 Å². The summed E-state index contributed by atoms with van der Waals surface area (Å²) in [6.07, 6.45) is -1.54. The number of hydrogen-bond acceptors (Lipinski definition) is 3. The van der Waals surface area contributed by atoms with Crippen molar-refractivity contribution in [2.45, 2.75) is 19.6 Å². The van der Waals surface area contributed by atoms with Gasteiger partial charge in [-0.1, -0.05) is 24.3 Å².